The third-order valence-electron chi connectivity index (χ3n) is 9.07. The van der Waals surface area contributed by atoms with Gasteiger partial charge in [0, 0.05) is 21.5 Å². The monoisotopic (exact) mass is 634 g/mol. The zero-order valence-electron chi connectivity index (χ0n) is 26.0. The average Bonchev–Trinajstić information content (AvgIpc) is 3.67. The van der Waals surface area contributed by atoms with Crippen molar-refractivity contribution in [1.29, 1.82) is 31.6 Å². The summed E-state index contributed by atoms with van der Waals surface area (Å²) in [5, 5.41) is 63.7. The van der Waals surface area contributed by atoms with E-state index in [1.54, 1.807) is 66.7 Å². The van der Waals surface area contributed by atoms with Crippen LogP contribution >= 0.6 is 0 Å². The van der Waals surface area contributed by atoms with Crippen LogP contribution in [0.15, 0.2) is 109 Å². The van der Waals surface area contributed by atoms with Gasteiger partial charge in [-0.1, -0.05) is 36.4 Å². The average molecular weight is 635 g/mol. The molecule has 2 heterocycles. The van der Waals surface area contributed by atoms with E-state index in [-0.39, 0.29) is 5.56 Å². The Morgan fingerprint density at radius 3 is 1.04 bits per heavy atom. The summed E-state index contributed by atoms with van der Waals surface area (Å²) in [7, 11) is 0. The Bertz CT molecular complexity index is 2750. The third-order valence-corrected chi connectivity index (χ3v) is 9.07. The van der Waals surface area contributed by atoms with Crippen molar-refractivity contribution in [3.63, 3.8) is 0 Å². The molecule has 0 atom stereocenters. The molecule has 8 rings (SSSR count). The predicted molar refractivity (Wildman–Crippen MR) is 189 cm³/mol. The van der Waals surface area contributed by atoms with E-state index in [4.69, 9.17) is 0 Å². The van der Waals surface area contributed by atoms with E-state index in [2.05, 4.69) is 36.4 Å². The number of nitriles is 6. The topological polar surface area (TPSA) is 153 Å². The van der Waals surface area contributed by atoms with Crippen LogP contribution in [0.3, 0.4) is 0 Å². The molecule has 0 bridgehead atoms. The van der Waals surface area contributed by atoms with E-state index < -0.39 is 0 Å². The van der Waals surface area contributed by atoms with Gasteiger partial charge >= 0.3 is 0 Å². The molecule has 8 aromatic rings. The van der Waals surface area contributed by atoms with Gasteiger partial charge in [-0.05, 0) is 83.9 Å². The van der Waals surface area contributed by atoms with Crippen LogP contribution in [-0.2, 0) is 0 Å². The molecule has 0 aliphatic carbocycles. The highest BCUT2D eigenvalue weighted by Gasteiger charge is 2.23. The van der Waals surface area contributed by atoms with Gasteiger partial charge in [-0.25, -0.2) is 0 Å². The van der Waals surface area contributed by atoms with Crippen molar-refractivity contribution in [1.82, 2.24) is 9.13 Å². The van der Waals surface area contributed by atoms with Gasteiger partial charge in [0.15, 0.2) is 0 Å². The zero-order chi connectivity index (χ0) is 34.5. The lowest BCUT2D eigenvalue weighted by Gasteiger charge is -2.18. The molecule has 0 aliphatic rings. The van der Waals surface area contributed by atoms with Crippen LogP contribution in [0, 0.1) is 68.0 Å². The largest absolute Gasteiger partial charge is 0.308 e. The van der Waals surface area contributed by atoms with Crippen LogP contribution in [0.4, 0.5) is 0 Å². The van der Waals surface area contributed by atoms with Crippen molar-refractivity contribution >= 4 is 43.6 Å². The molecular formula is C42H18N8. The molecule has 0 aliphatic heterocycles. The first kappa shape index (κ1) is 29.3. The SMILES string of the molecule is N#Cc1cccc(-c2cc(-n3c4cc(C#N)ccc4c4ccc(C#N)cc43)c(C#N)c(-n3c4cc(C#N)ccc4c4ccc(C#N)cc43)c2)c1. The molecule has 8 nitrogen and oxygen atoms in total. The van der Waals surface area contributed by atoms with Crippen LogP contribution in [0.25, 0.3) is 66.1 Å². The van der Waals surface area contributed by atoms with Gasteiger partial charge in [-0.3, -0.25) is 0 Å². The normalized spacial score (nSPS) is 10.7. The molecule has 0 amide bonds. The third kappa shape index (κ3) is 4.33. The fourth-order valence-electron chi connectivity index (χ4n) is 6.85. The Morgan fingerprint density at radius 2 is 0.700 bits per heavy atom. The number of fused-ring (bicyclic) bond motifs is 6. The lowest BCUT2D eigenvalue weighted by atomic mass is 9.98. The van der Waals surface area contributed by atoms with Gasteiger partial charge in [0.25, 0.3) is 0 Å². The van der Waals surface area contributed by atoms with Crippen LogP contribution in [0.2, 0.25) is 0 Å². The highest BCUT2D eigenvalue weighted by Crippen LogP contribution is 2.41. The van der Waals surface area contributed by atoms with Crippen molar-refractivity contribution in [2.75, 3.05) is 0 Å². The van der Waals surface area contributed by atoms with Crippen molar-refractivity contribution in [3.05, 3.63) is 143 Å². The van der Waals surface area contributed by atoms with E-state index in [0.717, 1.165) is 27.1 Å². The molecule has 0 saturated heterocycles. The second kappa shape index (κ2) is 11.3. The van der Waals surface area contributed by atoms with E-state index in [9.17, 15) is 31.6 Å². The van der Waals surface area contributed by atoms with Crippen molar-refractivity contribution in [2.24, 2.45) is 0 Å². The Morgan fingerprint density at radius 1 is 0.340 bits per heavy atom. The molecule has 0 unspecified atom stereocenters. The summed E-state index contributed by atoms with van der Waals surface area (Å²) in [4.78, 5) is 0. The molecule has 0 radical (unpaired) electrons. The van der Waals surface area contributed by atoms with Crippen molar-refractivity contribution < 1.29 is 0 Å². The molecular weight excluding hydrogens is 617 g/mol. The minimum Gasteiger partial charge on any atom is -0.308 e. The van der Waals surface area contributed by atoms with Crippen LogP contribution in [0.1, 0.15) is 33.4 Å². The lowest BCUT2D eigenvalue weighted by molar-refractivity contribution is 1.12. The summed E-state index contributed by atoms with van der Waals surface area (Å²) < 4.78 is 3.81. The number of aromatic nitrogens is 2. The van der Waals surface area contributed by atoms with Crippen molar-refractivity contribution in [3.8, 4) is 58.9 Å². The van der Waals surface area contributed by atoms with E-state index in [1.807, 2.05) is 51.6 Å². The van der Waals surface area contributed by atoms with Gasteiger partial charge in [-0.15, -0.1) is 0 Å². The summed E-state index contributed by atoms with van der Waals surface area (Å²) in [6.07, 6.45) is 0. The van der Waals surface area contributed by atoms with Gasteiger partial charge in [0.05, 0.1) is 91.6 Å². The fourth-order valence-corrected chi connectivity index (χ4v) is 6.85. The Balaban J connectivity index is 1.61. The first-order valence-corrected chi connectivity index (χ1v) is 15.4. The number of hydrogen-bond acceptors (Lipinski definition) is 6. The molecule has 50 heavy (non-hydrogen) atoms. The maximum atomic E-state index is 11.1. The maximum Gasteiger partial charge on any atom is 0.104 e. The molecule has 226 valence electrons. The second-order valence-corrected chi connectivity index (χ2v) is 11.7. The fraction of sp³-hybridized carbons (Fsp3) is 0. The smallest absolute Gasteiger partial charge is 0.104 e. The summed E-state index contributed by atoms with van der Waals surface area (Å²) in [5.74, 6) is 0. The summed E-state index contributed by atoms with van der Waals surface area (Å²) in [6, 6.07) is 46.0. The summed E-state index contributed by atoms with van der Waals surface area (Å²) >= 11 is 0. The number of benzene rings is 6. The highest BCUT2D eigenvalue weighted by atomic mass is 15.0. The summed E-state index contributed by atoms with van der Waals surface area (Å²) in [6.45, 7) is 0. The Labute approximate surface area is 285 Å². The first-order chi connectivity index (χ1) is 24.5. The maximum absolute atomic E-state index is 11.1. The minimum atomic E-state index is 0.275. The van der Waals surface area contributed by atoms with E-state index >= 15 is 0 Å². The lowest BCUT2D eigenvalue weighted by Crippen LogP contribution is -2.05. The quantitative estimate of drug-likeness (QED) is 0.189. The highest BCUT2D eigenvalue weighted by molar-refractivity contribution is 6.12. The predicted octanol–water partition coefficient (Wildman–Crippen LogP) is 8.78. The molecule has 6 aromatic carbocycles. The molecule has 8 heteroatoms. The van der Waals surface area contributed by atoms with Crippen LogP contribution < -0.4 is 0 Å². The second-order valence-electron chi connectivity index (χ2n) is 11.7. The summed E-state index contributed by atoms with van der Waals surface area (Å²) in [5.41, 5.74) is 7.48. The number of nitrogens with zero attached hydrogens (tertiary/aromatic N) is 8. The zero-order valence-corrected chi connectivity index (χ0v) is 26.0. The Hall–Kier alpha value is -8.14. The van der Waals surface area contributed by atoms with Gasteiger partial charge in [-0.2, -0.15) is 31.6 Å². The van der Waals surface area contributed by atoms with Gasteiger partial charge in [0.1, 0.15) is 11.6 Å². The van der Waals surface area contributed by atoms with Gasteiger partial charge < -0.3 is 9.13 Å². The Kier molecular flexibility index (Phi) is 6.60. The first-order valence-electron chi connectivity index (χ1n) is 15.4. The standard InChI is InChI=1S/C42H18N8/c43-19-25-2-1-3-30(12-25)31-17-41(49-37-13-26(20-44)4-8-32(37)33-9-5-27(21-45)14-38(33)49)36(24-48)42(18-31)50-39-15-28(22-46)6-10-34(39)35-11-7-29(23-47)16-40(35)50/h1-18H. The van der Waals surface area contributed by atoms with Crippen molar-refractivity contribution in [2.45, 2.75) is 0 Å². The minimum absolute atomic E-state index is 0.275. The van der Waals surface area contributed by atoms with E-state index in [1.165, 1.54) is 0 Å². The van der Waals surface area contributed by atoms with Crippen LogP contribution in [-0.4, -0.2) is 9.13 Å². The van der Waals surface area contributed by atoms with Gasteiger partial charge in [0.2, 0.25) is 0 Å². The molecule has 0 saturated carbocycles. The van der Waals surface area contributed by atoms with E-state index in [0.29, 0.717) is 66.8 Å². The number of hydrogen-bond donors (Lipinski definition) is 0. The molecule has 0 N–H and O–H groups in total. The molecule has 0 fully saturated rings. The molecule has 0 spiro atoms. The van der Waals surface area contributed by atoms with Crippen LogP contribution in [0.5, 0.6) is 0 Å². The number of rotatable bonds is 3. The molecule has 2 aromatic heterocycles.